The molecule has 8 heteroatoms. The van der Waals surface area contributed by atoms with E-state index in [1.807, 2.05) is 35.3 Å². The summed E-state index contributed by atoms with van der Waals surface area (Å²) in [6.45, 7) is 0. The van der Waals surface area contributed by atoms with Crippen LogP contribution in [0.15, 0.2) is 118 Å². The zero-order valence-corrected chi connectivity index (χ0v) is 31.1. The molecular formula is C27H26I3PS3Se. The standard InChI is InChI=1S/C27H26PS3Se.I3/c1-29-25-18-10-7-15-22(25)28(32-21-13-5-4-6-14-21,23-16-8-11-19-26(23)30-2)24-17-9-12-20-27(24)31-3;1-3-2/h4-20H,1-3H3;/q+1;-1. The second kappa shape index (κ2) is 16.2. The number of hydrogen-bond acceptors (Lipinski definition) is 3. The zero-order valence-electron chi connectivity index (χ0n) is 19.5. The summed E-state index contributed by atoms with van der Waals surface area (Å²) < 4.78 is 1.45. The van der Waals surface area contributed by atoms with E-state index in [0.29, 0.717) is 13.3 Å². The van der Waals surface area contributed by atoms with Crippen LogP contribution in [-0.4, -0.2) is 33.3 Å². The Morgan fingerprint density at radius 2 is 0.857 bits per heavy atom. The molecule has 4 aromatic rings. The Bertz CT molecular complexity index is 1100. The molecule has 0 saturated carbocycles. The Labute approximate surface area is 259 Å². The third kappa shape index (κ3) is 7.59. The Morgan fingerprint density at radius 1 is 0.543 bits per heavy atom. The van der Waals surface area contributed by atoms with E-state index in [-0.39, 0.29) is 14.5 Å². The summed E-state index contributed by atoms with van der Waals surface area (Å²) in [5.74, 6) is -1.94. The molecule has 0 nitrogen and oxygen atoms in total. The first-order valence-electron chi connectivity index (χ1n) is 10.6. The molecule has 4 rings (SSSR count). The van der Waals surface area contributed by atoms with Gasteiger partial charge in [-0.3, -0.25) is 0 Å². The van der Waals surface area contributed by atoms with Crippen LogP contribution in [0.25, 0.3) is 0 Å². The van der Waals surface area contributed by atoms with E-state index in [1.54, 1.807) is 0 Å². The van der Waals surface area contributed by atoms with Crippen molar-refractivity contribution in [3.05, 3.63) is 103 Å². The number of rotatable bonds is 8. The molecule has 0 aliphatic heterocycles. The molecule has 184 valence electrons. The summed E-state index contributed by atoms with van der Waals surface area (Å²) in [4.78, 5) is 4.18. The molecule has 0 atom stereocenters. The van der Waals surface area contributed by atoms with Gasteiger partial charge in [0.05, 0.1) is 0 Å². The van der Waals surface area contributed by atoms with Crippen LogP contribution in [0, 0.1) is 0 Å². The summed E-state index contributed by atoms with van der Waals surface area (Å²) in [6.07, 6.45) is 6.64. The molecule has 0 saturated heterocycles. The molecule has 0 radical (unpaired) electrons. The van der Waals surface area contributed by atoms with Crippen LogP contribution in [0.3, 0.4) is 0 Å². The van der Waals surface area contributed by atoms with E-state index in [2.05, 4.69) is 159 Å². The maximum absolute atomic E-state index is 2.40. The van der Waals surface area contributed by atoms with Crippen molar-refractivity contribution >= 4 is 113 Å². The van der Waals surface area contributed by atoms with Gasteiger partial charge in [-0.05, 0) is 0 Å². The van der Waals surface area contributed by atoms with Crippen molar-refractivity contribution in [3.63, 3.8) is 0 Å². The van der Waals surface area contributed by atoms with Crippen molar-refractivity contribution in [2.75, 3.05) is 18.8 Å². The van der Waals surface area contributed by atoms with Crippen molar-refractivity contribution < 1.29 is 13.3 Å². The van der Waals surface area contributed by atoms with E-state index in [0.717, 1.165) is 0 Å². The summed E-state index contributed by atoms with van der Waals surface area (Å²) >= 11 is 11.2. The van der Waals surface area contributed by atoms with Crippen molar-refractivity contribution in [3.8, 4) is 0 Å². The first-order chi connectivity index (χ1) is 17.2. The summed E-state index contributed by atoms with van der Waals surface area (Å²) in [5.41, 5.74) is 0. The monoisotopic (exact) mass is 938 g/mol. The van der Waals surface area contributed by atoms with Gasteiger partial charge in [0.2, 0.25) is 0 Å². The van der Waals surface area contributed by atoms with Gasteiger partial charge in [0.25, 0.3) is 0 Å². The molecule has 0 fully saturated rings. The van der Waals surface area contributed by atoms with Crippen LogP contribution in [0.4, 0.5) is 0 Å². The van der Waals surface area contributed by atoms with Crippen molar-refractivity contribution in [1.82, 2.24) is 0 Å². The Hall–Kier alpha value is 1.07. The Kier molecular flexibility index (Phi) is 14.2. The summed E-state index contributed by atoms with van der Waals surface area (Å²) in [7, 11) is 0. The summed E-state index contributed by atoms with van der Waals surface area (Å²) in [5, 5.41) is 4.54. The van der Waals surface area contributed by atoms with Gasteiger partial charge in [-0.15, -0.1) is 0 Å². The second-order valence-electron chi connectivity index (χ2n) is 7.08. The van der Waals surface area contributed by atoms with Gasteiger partial charge in [-0.1, -0.05) is 0 Å². The number of thioether (sulfide) groups is 3. The van der Waals surface area contributed by atoms with Crippen LogP contribution >= 0.6 is 78.5 Å². The van der Waals surface area contributed by atoms with E-state index in [1.165, 1.54) is 35.1 Å². The first kappa shape index (κ1) is 30.6. The second-order valence-corrected chi connectivity index (χ2v) is 34.3. The number of benzene rings is 4. The molecule has 0 spiro atoms. The quantitative estimate of drug-likeness (QED) is 0.107. The van der Waals surface area contributed by atoms with Crippen LogP contribution in [-0.2, 0) is 0 Å². The van der Waals surface area contributed by atoms with Gasteiger partial charge in [0.15, 0.2) is 0 Å². The van der Waals surface area contributed by atoms with E-state index in [4.69, 9.17) is 0 Å². The maximum atomic E-state index is 2.40. The van der Waals surface area contributed by atoms with Crippen LogP contribution in [0.5, 0.6) is 0 Å². The van der Waals surface area contributed by atoms with E-state index < -0.39 is 5.95 Å². The Balaban J connectivity index is 0.00000108. The fraction of sp³-hybridized carbons (Fsp3) is 0.111. The molecule has 0 amide bonds. The van der Waals surface area contributed by atoms with Gasteiger partial charge in [0, 0.05) is 0 Å². The average Bonchev–Trinajstić information content (AvgIpc) is 2.93. The average molecular weight is 937 g/mol. The molecular weight excluding hydrogens is 911 g/mol. The third-order valence-electron chi connectivity index (χ3n) is 5.26. The molecule has 0 aromatic heterocycles. The molecule has 0 N–H and O–H groups in total. The molecule has 0 heterocycles. The molecule has 0 aliphatic carbocycles. The fourth-order valence-electron chi connectivity index (χ4n) is 3.85. The van der Waals surface area contributed by atoms with E-state index in [9.17, 15) is 0 Å². The predicted octanol–water partition coefficient (Wildman–Crippen LogP) is 4.87. The molecule has 0 unspecified atom stereocenters. The van der Waals surface area contributed by atoms with Gasteiger partial charge in [-0.2, -0.15) is 0 Å². The minimum atomic E-state index is -1.94. The van der Waals surface area contributed by atoms with E-state index >= 15 is 0 Å². The number of halogens is 3. The topological polar surface area (TPSA) is 0 Å². The molecule has 0 bridgehead atoms. The molecule has 4 aromatic carbocycles. The Morgan fingerprint density at radius 3 is 1.20 bits per heavy atom. The normalized spacial score (nSPS) is 11.1. The van der Waals surface area contributed by atoms with Crippen molar-refractivity contribution in [2.24, 2.45) is 0 Å². The van der Waals surface area contributed by atoms with Crippen molar-refractivity contribution in [2.45, 2.75) is 14.7 Å². The zero-order chi connectivity index (χ0) is 25.1. The van der Waals surface area contributed by atoms with Crippen LogP contribution in [0.1, 0.15) is 0 Å². The SMILES string of the molecule is CSc1ccccc1[P+]([Se]c1ccccc1)(c1ccccc1SC)c1ccccc1SC.I[I-]I. The number of hydrogen-bond donors (Lipinski definition) is 0. The third-order valence-corrected chi connectivity index (χ3v) is 19.1. The van der Waals surface area contributed by atoms with Gasteiger partial charge >= 0.3 is 263 Å². The van der Waals surface area contributed by atoms with Gasteiger partial charge in [-0.25, -0.2) is 0 Å². The molecule has 35 heavy (non-hydrogen) atoms. The molecule has 0 aliphatic rings. The fourth-order valence-corrected chi connectivity index (χ4v) is 20.1. The van der Waals surface area contributed by atoms with Crippen molar-refractivity contribution in [1.29, 1.82) is 0 Å². The van der Waals surface area contributed by atoms with Gasteiger partial charge < -0.3 is 0 Å². The minimum absolute atomic E-state index is 0.234. The van der Waals surface area contributed by atoms with Crippen LogP contribution < -0.4 is 33.6 Å². The summed E-state index contributed by atoms with van der Waals surface area (Å²) in [6, 6.07) is 38.5. The first-order valence-corrected chi connectivity index (χ1v) is 31.7. The van der Waals surface area contributed by atoms with Crippen LogP contribution in [0.2, 0.25) is 0 Å². The van der Waals surface area contributed by atoms with Gasteiger partial charge in [0.1, 0.15) is 0 Å². The predicted molar refractivity (Wildman–Crippen MR) is 180 cm³/mol.